The summed E-state index contributed by atoms with van der Waals surface area (Å²) in [6.07, 6.45) is 7.40. The zero-order valence-corrected chi connectivity index (χ0v) is 12.4. The molecule has 0 aromatic heterocycles. The van der Waals surface area contributed by atoms with E-state index in [1.807, 2.05) is 0 Å². The first kappa shape index (κ1) is 16.9. The second-order valence-electron chi connectivity index (χ2n) is 6.37. The van der Waals surface area contributed by atoms with Crippen molar-refractivity contribution in [1.29, 1.82) is 0 Å². The van der Waals surface area contributed by atoms with Crippen LogP contribution in [0.25, 0.3) is 0 Å². The smallest absolute Gasteiger partial charge is 0.0433 e. The minimum atomic E-state index is 0.353. The number of rotatable bonds is 10. The van der Waals surface area contributed by atoms with Crippen molar-refractivity contribution in [2.24, 2.45) is 11.3 Å². The molecule has 0 aliphatic carbocycles. The second kappa shape index (κ2) is 9.90. The maximum absolute atomic E-state index is 8.91. The molecule has 0 aliphatic rings. The van der Waals surface area contributed by atoms with Crippen LogP contribution < -0.4 is 5.32 Å². The van der Waals surface area contributed by atoms with Crippen LogP contribution >= 0.6 is 0 Å². The molecule has 0 saturated heterocycles. The highest BCUT2D eigenvalue weighted by Crippen LogP contribution is 2.16. The molecule has 0 rings (SSSR count). The Hall–Kier alpha value is -0.0800. The molecule has 0 heterocycles. The summed E-state index contributed by atoms with van der Waals surface area (Å²) >= 11 is 0. The molecule has 2 nitrogen and oxygen atoms in total. The van der Waals surface area contributed by atoms with Crippen LogP contribution in [0.1, 0.15) is 66.2 Å². The molecule has 2 N–H and O–H groups in total. The van der Waals surface area contributed by atoms with Gasteiger partial charge in [-0.25, -0.2) is 0 Å². The molecule has 0 spiro atoms. The molecule has 0 radical (unpaired) electrons. The van der Waals surface area contributed by atoms with E-state index in [1.165, 1.54) is 32.1 Å². The number of aliphatic hydroxyl groups excluding tert-OH is 1. The van der Waals surface area contributed by atoms with Crippen LogP contribution in [-0.4, -0.2) is 24.8 Å². The van der Waals surface area contributed by atoms with Gasteiger partial charge in [-0.3, -0.25) is 0 Å². The summed E-state index contributed by atoms with van der Waals surface area (Å²) in [6.45, 7) is 11.6. The topological polar surface area (TPSA) is 32.3 Å². The Kier molecular flexibility index (Phi) is 9.85. The third-order valence-electron chi connectivity index (χ3n) is 3.24. The Morgan fingerprint density at radius 1 is 1.06 bits per heavy atom. The number of aliphatic hydroxyl groups is 1. The van der Waals surface area contributed by atoms with E-state index in [-0.39, 0.29) is 0 Å². The Morgan fingerprint density at radius 2 is 1.76 bits per heavy atom. The van der Waals surface area contributed by atoms with Gasteiger partial charge in [0.1, 0.15) is 0 Å². The van der Waals surface area contributed by atoms with Gasteiger partial charge in [-0.2, -0.15) is 0 Å². The fourth-order valence-corrected chi connectivity index (χ4v) is 2.06. The van der Waals surface area contributed by atoms with E-state index in [1.54, 1.807) is 0 Å². The summed E-state index contributed by atoms with van der Waals surface area (Å²) in [6, 6.07) is 0. The molecule has 0 amide bonds. The molecule has 0 saturated carbocycles. The predicted octanol–water partition coefficient (Wildman–Crippen LogP) is 3.59. The van der Waals surface area contributed by atoms with Gasteiger partial charge in [-0.15, -0.1) is 0 Å². The predicted molar refractivity (Wildman–Crippen MR) is 76.3 cm³/mol. The average molecular weight is 243 g/mol. The molecule has 0 aromatic rings. The summed E-state index contributed by atoms with van der Waals surface area (Å²) in [5.41, 5.74) is 0.397. The lowest BCUT2D eigenvalue weighted by Gasteiger charge is -2.18. The molecule has 0 aromatic carbocycles. The van der Waals surface area contributed by atoms with Crippen molar-refractivity contribution in [3.8, 4) is 0 Å². The largest absolute Gasteiger partial charge is 0.396 e. The molecule has 0 fully saturated rings. The van der Waals surface area contributed by atoms with Crippen molar-refractivity contribution in [2.45, 2.75) is 66.2 Å². The summed E-state index contributed by atoms with van der Waals surface area (Å²) in [7, 11) is 0. The van der Waals surface area contributed by atoms with Crippen molar-refractivity contribution >= 4 is 0 Å². The van der Waals surface area contributed by atoms with Crippen LogP contribution in [0, 0.1) is 11.3 Å². The van der Waals surface area contributed by atoms with Crippen molar-refractivity contribution in [3.05, 3.63) is 0 Å². The first-order valence-corrected chi connectivity index (χ1v) is 7.31. The van der Waals surface area contributed by atoms with Gasteiger partial charge in [0, 0.05) is 6.61 Å². The lowest BCUT2D eigenvalue weighted by molar-refractivity contribution is 0.247. The van der Waals surface area contributed by atoms with Crippen molar-refractivity contribution < 1.29 is 5.11 Å². The lowest BCUT2D eigenvalue weighted by Crippen LogP contribution is -2.27. The molecule has 104 valence electrons. The van der Waals surface area contributed by atoms with Crippen molar-refractivity contribution in [1.82, 2.24) is 5.32 Å². The fraction of sp³-hybridized carbons (Fsp3) is 1.00. The molecule has 0 unspecified atom stereocenters. The van der Waals surface area contributed by atoms with Crippen molar-refractivity contribution in [3.63, 3.8) is 0 Å². The Labute approximate surface area is 108 Å². The van der Waals surface area contributed by atoms with Gasteiger partial charge in [-0.05, 0) is 37.3 Å². The molecule has 2 heteroatoms. The van der Waals surface area contributed by atoms with E-state index in [0.29, 0.717) is 12.0 Å². The Morgan fingerprint density at radius 3 is 2.29 bits per heavy atom. The first-order chi connectivity index (χ1) is 7.99. The SMILES string of the molecule is CC[C@@H](CCO)CCCCCNCC(C)(C)C. The van der Waals surface area contributed by atoms with Gasteiger partial charge >= 0.3 is 0 Å². The van der Waals surface area contributed by atoms with Crippen LogP contribution in [0.2, 0.25) is 0 Å². The first-order valence-electron chi connectivity index (χ1n) is 7.31. The van der Waals surface area contributed by atoms with Gasteiger partial charge in [0.2, 0.25) is 0 Å². The Balaban J connectivity index is 3.28. The van der Waals surface area contributed by atoms with Gasteiger partial charge in [0.05, 0.1) is 0 Å². The Bertz CT molecular complexity index is 163. The minimum absolute atomic E-state index is 0.353. The zero-order chi connectivity index (χ0) is 13.1. The normalized spacial score (nSPS) is 13.9. The standard InChI is InChI=1S/C15H33NO/c1-5-14(10-12-17)9-7-6-8-11-16-13-15(2,3)4/h14,16-17H,5-13H2,1-4H3/t14-/m1/s1. The van der Waals surface area contributed by atoms with Gasteiger partial charge in [0.15, 0.2) is 0 Å². The molecule has 17 heavy (non-hydrogen) atoms. The summed E-state index contributed by atoms with van der Waals surface area (Å²) < 4.78 is 0. The minimum Gasteiger partial charge on any atom is -0.396 e. The maximum atomic E-state index is 8.91. The molecule has 0 aliphatic heterocycles. The summed E-state index contributed by atoms with van der Waals surface area (Å²) in [5.74, 6) is 0.738. The van der Waals surface area contributed by atoms with Crippen LogP contribution in [0.5, 0.6) is 0 Å². The van der Waals surface area contributed by atoms with Crippen molar-refractivity contribution in [2.75, 3.05) is 19.7 Å². The van der Waals surface area contributed by atoms with Gasteiger partial charge in [0.25, 0.3) is 0 Å². The summed E-state index contributed by atoms with van der Waals surface area (Å²) in [5, 5.41) is 12.4. The van der Waals surface area contributed by atoms with E-state index in [2.05, 4.69) is 33.0 Å². The molecule has 0 bridgehead atoms. The van der Waals surface area contributed by atoms with E-state index in [9.17, 15) is 0 Å². The highest BCUT2D eigenvalue weighted by atomic mass is 16.3. The van der Waals surface area contributed by atoms with Crippen LogP contribution in [0.4, 0.5) is 0 Å². The monoisotopic (exact) mass is 243 g/mol. The van der Waals surface area contributed by atoms with Crippen LogP contribution in [0.3, 0.4) is 0 Å². The quantitative estimate of drug-likeness (QED) is 0.575. The van der Waals surface area contributed by atoms with Crippen LogP contribution in [-0.2, 0) is 0 Å². The molecular formula is C15H33NO. The van der Waals surface area contributed by atoms with E-state index >= 15 is 0 Å². The van der Waals surface area contributed by atoms with E-state index in [0.717, 1.165) is 25.4 Å². The van der Waals surface area contributed by atoms with Gasteiger partial charge < -0.3 is 10.4 Å². The molecule has 1 atom stereocenters. The third kappa shape index (κ3) is 12.2. The summed E-state index contributed by atoms with van der Waals surface area (Å²) in [4.78, 5) is 0. The number of nitrogens with one attached hydrogen (secondary N) is 1. The fourth-order valence-electron chi connectivity index (χ4n) is 2.06. The lowest BCUT2D eigenvalue weighted by atomic mass is 9.95. The highest BCUT2D eigenvalue weighted by molar-refractivity contribution is 4.64. The number of hydrogen-bond acceptors (Lipinski definition) is 2. The number of hydrogen-bond donors (Lipinski definition) is 2. The second-order valence-corrected chi connectivity index (χ2v) is 6.37. The van der Waals surface area contributed by atoms with E-state index in [4.69, 9.17) is 5.11 Å². The number of unbranched alkanes of at least 4 members (excludes halogenated alkanes) is 2. The maximum Gasteiger partial charge on any atom is 0.0433 e. The highest BCUT2D eigenvalue weighted by Gasteiger charge is 2.08. The van der Waals surface area contributed by atoms with Gasteiger partial charge in [-0.1, -0.05) is 53.4 Å². The average Bonchev–Trinajstić information content (AvgIpc) is 2.24. The van der Waals surface area contributed by atoms with Crippen LogP contribution in [0.15, 0.2) is 0 Å². The third-order valence-corrected chi connectivity index (χ3v) is 3.24. The zero-order valence-electron chi connectivity index (χ0n) is 12.4. The van der Waals surface area contributed by atoms with E-state index < -0.39 is 0 Å². The molecular weight excluding hydrogens is 210 g/mol.